The summed E-state index contributed by atoms with van der Waals surface area (Å²) in [7, 11) is -3.36. The van der Waals surface area contributed by atoms with E-state index in [-0.39, 0.29) is 35.7 Å². The number of nitrogens with one attached hydrogen (secondary N) is 1. The largest absolute Gasteiger partial charge is 0.445 e. The molecule has 1 N–H and O–H groups in total. The Balaban J connectivity index is 1.25. The van der Waals surface area contributed by atoms with Crippen molar-refractivity contribution in [1.82, 2.24) is 14.8 Å². The van der Waals surface area contributed by atoms with Gasteiger partial charge in [-0.3, -0.25) is 4.79 Å². The van der Waals surface area contributed by atoms with Crippen LogP contribution in [0.25, 0.3) is 0 Å². The van der Waals surface area contributed by atoms with Crippen molar-refractivity contribution in [3.05, 3.63) is 54.2 Å². The summed E-state index contributed by atoms with van der Waals surface area (Å²) >= 11 is 0. The molecule has 1 aromatic heterocycles. The Kier molecular flexibility index (Phi) is 6.83. The van der Waals surface area contributed by atoms with Gasteiger partial charge in [0.2, 0.25) is 5.91 Å². The number of sulfone groups is 1. The second-order valence-corrected chi connectivity index (χ2v) is 10.4. The van der Waals surface area contributed by atoms with Gasteiger partial charge < -0.3 is 19.9 Å². The number of ether oxygens (including phenoxy) is 1. The van der Waals surface area contributed by atoms with Crippen LogP contribution in [0.1, 0.15) is 24.8 Å². The number of piperidine rings is 1. The van der Waals surface area contributed by atoms with Crippen LogP contribution in [-0.2, 0) is 26.0 Å². The molecule has 0 bridgehead atoms. The van der Waals surface area contributed by atoms with Gasteiger partial charge >= 0.3 is 6.09 Å². The van der Waals surface area contributed by atoms with Gasteiger partial charge in [-0.25, -0.2) is 18.2 Å². The van der Waals surface area contributed by atoms with E-state index in [0.29, 0.717) is 44.6 Å². The number of aromatic nitrogens is 1. The van der Waals surface area contributed by atoms with Crippen molar-refractivity contribution < 1.29 is 22.7 Å². The van der Waals surface area contributed by atoms with Crippen molar-refractivity contribution in [1.29, 1.82) is 0 Å². The maximum absolute atomic E-state index is 13.0. The van der Waals surface area contributed by atoms with Crippen LogP contribution in [0.3, 0.4) is 0 Å². The maximum Gasteiger partial charge on any atom is 0.410 e. The zero-order chi connectivity index (χ0) is 23.4. The number of hydrogen-bond donors (Lipinski definition) is 1. The van der Waals surface area contributed by atoms with E-state index in [9.17, 15) is 18.0 Å². The third-order valence-electron chi connectivity index (χ3n) is 6.07. The van der Waals surface area contributed by atoms with Crippen LogP contribution < -0.4 is 5.32 Å². The standard InChI is InChI=1S/C23H28N4O5S/c1-33(30,31)21-8-7-18(15-24-21)25-20-11-14-27(22(20)28)19-9-12-26(13-10-19)23(29)32-16-17-5-3-2-4-6-17/h2-8,15,19-20,25H,9-14,16H2,1H3. The third-order valence-corrected chi connectivity index (χ3v) is 7.07. The van der Waals surface area contributed by atoms with Gasteiger partial charge in [-0.15, -0.1) is 0 Å². The minimum absolute atomic E-state index is 0.00137. The highest BCUT2D eigenvalue weighted by Gasteiger charge is 2.37. The van der Waals surface area contributed by atoms with E-state index in [0.717, 1.165) is 11.8 Å². The molecule has 0 saturated carbocycles. The van der Waals surface area contributed by atoms with Crippen LogP contribution in [0, 0.1) is 0 Å². The van der Waals surface area contributed by atoms with Gasteiger partial charge in [0.25, 0.3) is 0 Å². The van der Waals surface area contributed by atoms with Crippen LogP contribution in [0.5, 0.6) is 0 Å². The maximum atomic E-state index is 13.0. The van der Waals surface area contributed by atoms with Crippen LogP contribution in [-0.4, -0.2) is 73.2 Å². The Morgan fingerprint density at radius 1 is 1.09 bits per heavy atom. The number of hydrogen-bond acceptors (Lipinski definition) is 7. The number of nitrogens with zero attached hydrogens (tertiary/aromatic N) is 3. The molecule has 2 saturated heterocycles. The summed E-state index contributed by atoms with van der Waals surface area (Å²) in [4.78, 5) is 32.9. The molecule has 3 heterocycles. The topological polar surface area (TPSA) is 109 Å². The number of amides is 2. The zero-order valence-electron chi connectivity index (χ0n) is 18.5. The molecule has 2 aliphatic rings. The number of benzene rings is 1. The quantitative estimate of drug-likeness (QED) is 0.687. The molecule has 1 atom stereocenters. The van der Waals surface area contributed by atoms with E-state index in [1.54, 1.807) is 11.0 Å². The van der Waals surface area contributed by atoms with Crippen molar-refractivity contribution in [3.8, 4) is 0 Å². The van der Waals surface area contributed by atoms with Crippen molar-refractivity contribution in [3.63, 3.8) is 0 Å². The lowest BCUT2D eigenvalue weighted by atomic mass is 10.0. The molecule has 0 spiro atoms. The molecule has 1 aromatic carbocycles. The number of carbonyl (C=O) groups excluding carboxylic acids is 2. The minimum atomic E-state index is -3.36. The predicted octanol–water partition coefficient (Wildman–Crippen LogP) is 2.30. The lowest BCUT2D eigenvalue weighted by molar-refractivity contribution is -0.131. The Hall–Kier alpha value is -3.14. The van der Waals surface area contributed by atoms with Crippen molar-refractivity contribution >= 4 is 27.5 Å². The highest BCUT2D eigenvalue weighted by Crippen LogP contribution is 2.25. The summed E-state index contributed by atoms with van der Waals surface area (Å²) in [5.41, 5.74) is 1.56. The molecular weight excluding hydrogens is 444 g/mol. The van der Waals surface area contributed by atoms with Gasteiger partial charge in [0.05, 0.1) is 11.9 Å². The van der Waals surface area contributed by atoms with Crippen LogP contribution >= 0.6 is 0 Å². The zero-order valence-corrected chi connectivity index (χ0v) is 19.3. The summed E-state index contributed by atoms with van der Waals surface area (Å²) in [6.07, 6.45) is 4.30. The van der Waals surface area contributed by atoms with Gasteiger partial charge in [0.1, 0.15) is 12.6 Å². The fraction of sp³-hybridized carbons (Fsp3) is 0.435. The summed E-state index contributed by atoms with van der Waals surface area (Å²) in [6, 6.07) is 12.3. The van der Waals surface area contributed by atoms with E-state index in [1.165, 1.54) is 12.3 Å². The molecule has 10 heteroatoms. The number of rotatable bonds is 6. The predicted molar refractivity (Wildman–Crippen MR) is 122 cm³/mol. The fourth-order valence-electron chi connectivity index (χ4n) is 4.26. The second kappa shape index (κ2) is 9.78. The fourth-order valence-corrected chi connectivity index (χ4v) is 4.81. The van der Waals surface area contributed by atoms with E-state index in [2.05, 4.69) is 10.3 Å². The van der Waals surface area contributed by atoms with E-state index in [1.807, 2.05) is 35.2 Å². The first-order chi connectivity index (χ1) is 15.8. The molecule has 1 unspecified atom stereocenters. The smallest absolute Gasteiger partial charge is 0.410 e. The Labute approximate surface area is 193 Å². The average Bonchev–Trinajstić information content (AvgIpc) is 3.18. The molecule has 4 rings (SSSR count). The molecular formula is C23H28N4O5S. The Bertz CT molecular complexity index is 1080. The van der Waals surface area contributed by atoms with E-state index in [4.69, 9.17) is 4.74 Å². The number of anilines is 1. The summed E-state index contributed by atoms with van der Waals surface area (Å²) in [5.74, 6) is 0.0206. The van der Waals surface area contributed by atoms with Gasteiger partial charge in [0, 0.05) is 31.9 Å². The first-order valence-electron chi connectivity index (χ1n) is 11.0. The molecule has 2 aromatic rings. The highest BCUT2D eigenvalue weighted by molar-refractivity contribution is 7.90. The molecule has 2 aliphatic heterocycles. The molecule has 0 radical (unpaired) electrons. The van der Waals surface area contributed by atoms with E-state index >= 15 is 0 Å². The van der Waals surface area contributed by atoms with Gasteiger partial charge in [-0.1, -0.05) is 30.3 Å². The number of carbonyl (C=O) groups is 2. The van der Waals surface area contributed by atoms with Crippen LogP contribution in [0.4, 0.5) is 10.5 Å². The summed E-state index contributed by atoms with van der Waals surface area (Å²) in [6.45, 7) is 2.00. The number of likely N-dealkylation sites (tertiary alicyclic amines) is 2. The molecule has 2 amide bonds. The Morgan fingerprint density at radius 3 is 2.45 bits per heavy atom. The highest BCUT2D eigenvalue weighted by atomic mass is 32.2. The number of pyridine rings is 1. The van der Waals surface area contributed by atoms with Gasteiger partial charge in [0.15, 0.2) is 14.9 Å². The lowest BCUT2D eigenvalue weighted by Crippen LogP contribution is -2.48. The average molecular weight is 473 g/mol. The third kappa shape index (κ3) is 5.62. The van der Waals surface area contributed by atoms with Crippen molar-refractivity contribution in [2.45, 2.75) is 43.0 Å². The first kappa shape index (κ1) is 23.0. The van der Waals surface area contributed by atoms with Crippen LogP contribution in [0.15, 0.2) is 53.7 Å². The molecule has 2 fully saturated rings. The summed E-state index contributed by atoms with van der Waals surface area (Å²) < 4.78 is 28.5. The molecule has 9 nitrogen and oxygen atoms in total. The van der Waals surface area contributed by atoms with Gasteiger partial charge in [-0.05, 0) is 37.0 Å². The first-order valence-corrected chi connectivity index (χ1v) is 12.9. The van der Waals surface area contributed by atoms with E-state index < -0.39 is 9.84 Å². The van der Waals surface area contributed by atoms with Gasteiger partial charge in [-0.2, -0.15) is 0 Å². The molecule has 33 heavy (non-hydrogen) atoms. The molecule has 176 valence electrons. The minimum Gasteiger partial charge on any atom is -0.445 e. The Morgan fingerprint density at radius 2 is 1.82 bits per heavy atom. The van der Waals surface area contributed by atoms with Crippen molar-refractivity contribution in [2.75, 3.05) is 31.2 Å². The molecule has 0 aliphatic carbocycles. The summed E-state index contributed by atoms with van der Waals surface area (Å²) in [5, 5.41) is 3.17. The van der Waals surface area contributed by atoms with Crippen molar-refractivity contribution in [2.24, 2.45) is 0 Å². The SMILES string of the molecule is CS(=O)(=O)c1ccc(NC2CCN(C3CCN(C(=O)OCc4ccccc4)CC3)C2=O)cn1. The normalized spacial score (nSPS) is 19.5. The lowest BCUT2D eigenvalue weighted by Gasteiger charge is -2.36. The monoisotopic (exact) mass is 472 g/mol. The second-order valence-electron chi connectivity index (χ2n) is 8.43. The van der Waals surface area contributed by atoms with Crippen LogP contribution in [0.2, 0.25) is 0 Å².